The first-order chi connectivity index (χ1) is 9.74. The summed E-state index contributed by atoms with van der Waals surface area (Å²) in [5, 5.41) is 2.72. The van der Waals surface area contributed by atoms with Gasteiger partial charge in [-0.15, -0.1) is 0 Å². The number of nitrogens with two attached hydrogens (primary N) is 1. The predicted octanol–water partition coefficient (Wildman–Crippen LogP) is 1.30. The molecule has 0 aliphatic rings. The third-order valence-corrected chi connectivity index (χ3v) is 4.45. The van der Waals surface area contributed by atoms with Gasteiger partial charge >= 0.3 is 0 Å². The normalized spacial score (nSPS) is 13.2. The van der Waals surface area contributed by atoms with Crippen LogP contribution in [0, 0.1) is 5.92 Å². The van der Waals surface area contributed by atoms with E-state index < -0.39 is 10.0 Å². The van der Waals surface area contributed by atoms with Crippen LogP contribution in [0.4, 0.5) is 5.69 Å². The zero-order valence-electron chi connectivity index (χ0n) is 12.6. The van der Waals surface area contributed by atoms with E-state index in [4.69, 9.17) is 5.73 Å². The van der Waals surface area contributed by atoms with Gasteiger partial charge in [0.2, 0.25) is 15.9 Å². The fraction of sp³-hybridized carbons (Fsp3) is 0.500. The van der Waals surface area contributed by atoms with Gasteiger partial charge < -0.3 is 11.1 Å². The lowest BCUT2D eigenvalue weighted by molar-refractivity contribution is -0.116. The lowest BCUT2D eigenvalue weighted by atomic mass is 10.1. The molecule has 6 nitrogen and oxygen atoms in total. The zero-order chi connectivity index (χ0) is 16.0. The van der Waals surface area contributed by atoms with E-state index in [1.54, 1.807) is 26.0 Å². The van der Waals surface area contributed by atoms with E-state index in [-0.39, 0.29) is 22.8 Å². The molecule has 1 unspecified atom stereocenters. The molecule has 1 aromatic carbocycles. The van der Waals surface area contributed by atoms with E-state index in [1.807, 2.05) is 6.92 Å². The molecule has 1 amide bonds. The SMILES string of the molecule is CC(CN)CC(=O)Nc1ccc(S(=O)(=O)NC(C)C)cc1. The molecule has 1 aromatic rings. The first-order valence-corrected chi connectivity index (χ1v) is 8.35. The van der Waals surface area contributed by atoms with Gasteiger partial charge in [-0.2, -0.15) is 0 Å². The van der Waals surface area contributed by atoms with Crippen molar-refractivity contribution in [3.05, 3.63) is 24.3 Å². The Morgan fingerprint density at radius 1 is 1.19 bits per heavy atom. The van der Waals surface area contributed by atoms with Crippen LogP contribution in [0.25, 0.3) is 0 Å². The summed E-state index contributed by atoms with van der Waals surface area (Å²) in [6.45, 7) is 5.85. The van der Waals surface area contributed by atoms with Crippen LogP contribution in [-0.2, 0) is 14.8 Å². The van der Waals surface area contributed by atoms with Crippen molar-refractivity contribution in [1.29, 1.82) is 0 Å². The molecule has 0 fully saturated rings. The van der Waals surface area contributed by atoms with Crippen molar-refractivity contribution in [2.75, 3.05) is 11.9 Å². The molecule has 0 aliphatic carbocycles. The highest BCUT2D eigenvalue weighted by atomic mass is 32.2. The van der Waals surface area contributed by atoms with Gasteiger partial charge in [0.25, 0.3) is 0 Å². The fourth-order valence-corrected chi connectivity index (χ4v) is 2.96. The summed E-state index contributed by atoms with van der Waals surface area (Å²) in [6, 6.07) is 5.89. The highest BCUT2D eigenvalue weighted by Gasteiger charge is 2.15. The van der Waals surface area contributed by atoms with E-state index in [0.717, 1.165) is 0 Å². The summed E-state index contributed by atoms with van der Waals surface area (Å²) >= 11 is 0. The minimum Gasteiger partial charge on any atom is -0.330 e. The molecule has 0 saturated heterocycles. The molecule has 1 rings (SSSR count). The summed E-state index contributed by atoms with van der Waals surface area (Å²) in [5.74, 6) is -0.0243. The Kier molecular flexibility index (Phi) is 6.32. The van der Waals surface area contributed by atoms with E-state index in [0.29, 0.717) is 18.7 Å². The van der Waals surface area contributed by atoms with E-state index >= 15 is 0 Å². The quantitative estimate of drug-likeness (QED) is 0.706. The number of benzene rings is 1. The Balaban J connectivity index is 2.73. The second-order valence-electron chi connectivity index (χ2n) is 5.39. The van der Waals surface area contributed by atoms with Crippen molar-refractivity contribution in [2.45, 2.75) is 38.1 Å². The molecule has 0 heterocycles. The lowest BCUT2D eigenvalue weighted by Crippen LogP contribution is -2.30. The smallest absolute Gasteiger partial charge is 0.240 e. The van der Waals surface area contributed by atoms with Gasteiger partial charge in [0.15, 0.2) is 0 Å². The Hall–Kier alpha value is -1.44. The summed E-state index contributed by atoms with van der Waals surface area (Å²) in [7, 11) is -3.51. The largest absolute Gasteiger partial charge is 0.330 e. The molecule has 0 radical (unpaired) electrons. The number of carbonyl (C=O) groups is 1. The van der Waals surface area contributed by atoms with Crippen LogP contribution < -0.4 is 15.8 Å². The number of anilines is 1. The Bertz CT molecular complexity index is 568. The van der Waals surface area contributed by atoms with Crippen molar-refractivity contribution in [3.63, 3.8) is 0 Å². The molecule has 0 aromatic heterocycles. The summed E-state index contributed by atoms with van der Waals surface area (Å²) in [4.78, 5) is 11.9. The number of amides is 1. The van der Waals surface area contributed by atoms with Crippen LogP contribution in [0.3, 0.4) is 0 Å². The molecule has 4 N–H and O–H groups in total. The minimum absolute atomic E-state index is 0.111. The number of hydrogen-bond donors (Lipinski definition) is 3. The molecule has 1 atom stereocenters. The van der Waals surface area contributed by atoms with Crippen molar-refractivity contribution in [1.82, 2.24) is 4.72 Å². The molecule has 0 aliphatic heterocycles. The molecular weight excluding hydrogens is 290 g/mol. The number of nitrogens with one attached hydrogen (secondary N) is 2. The monoisotopic (exact) mass is 313 g/mol. The van der Waals surface area contributed by atoms with E-state index in [9.17, 15) is 13.2 Å². The van der Waals surface area contributed by atoms with Crippen LogP contribution in [0.15, 0.2) is 29.2 Å². The third-order valence-electron chi connectivity index (χ3n) is 2.78. The second kappa shape index (κ2) is 7.53. The molecular formula is C14H23N3O3S. The second-order valence-corrected chi connectivity index (χ2v) is 7.11. The Morgan fingerprint density at radius 3 is 2.24 bits per heavy atom. The summed E-state index contributed by atoms with van der Waals surface area (Å²) in [5.41, 5.74) is 6.03. The first kappa shape index (κ1) is 17.6. The molecule has 21 heavy (non-hydrogen) atoms. The number of rotatable bonds is 7. The Labute approximate surface area is 126 Å². The van der Waals surface area contributed by atoms with Crippen LogP contribution in [0.2, 0.25) is 0 Å². The predicted molar refractivity (Wildman–Crippen MR) is 83.4 cm³/mol. The van der Waals surface area contributed by atoms with Crippen molar-refractivity contribution < 1.29 is 13.2 Å². The number of sulfonamides is 1. The Morgan fingerprint density at radius 2 is 1.76 bits per heavy atom. The van der Waals surface area contributed by atoms with Crippen molar-refractivity contribution >= 4 is 21.6 Å². The summed E-state index contributed by atoms with van der Waals surface area (Å²) in [6.07, 6.45) is 0.339. The standard InChI is InChI=1S/C14H23N3O3S/c1-10(2)17-21(19,20)13-6-4-12(5-7-13)16-14(18)8-11(3)9-15/h4-7,10-11,17H,8-9,15H2,1-3H3,(H,16,18). The number of carbonyl (C=O) groups excluding carboxylic acids is 1. The van der Waals surface area contributed by atoms with E-state index in [2.05, 4.69) is 10.0 Å². The maximum Gasteiger partial charge on any atom is 0.240 e. The minimum atomic E-state index is -3.51. The van der Waals surface area contributed by atoms with E-state index in [1.165, 1.54) is 12.1 Å². The topological polar surface area (TPSA) is 101 Å². The van der Waals surface area contributed by atoms with Gasteiger partial charge in [0.05, 0.1) is 4.90 Å². The zero-order valence-corrected chi connectivity index (χ0v) is 13.4. The number of hydrogen-bond acceptors (Lipinski definition) is 4. The van der Waals surface area contributed by atoms with Gasteiger partial charge in [-0.1, -0.05) is 6.92 Å². The van der Waals surface area contributed by atoms with Crippen molar-refractivity contribution in [2.24, 2.45) is 11.7 Å². The van der Waals surface area contributed by atoms with Crippen LogP contribution in [-0.4, -0.2) is 26.9 Å². The molecule has 0 spiro atoms. The molecule has 7 heteroatoms. The van der Waals surface area contributed by atoms with Gasteiger partial charge in [-0.3, -0.25) is 4.79 Å². The summed E-state index contributed by atoms with van der Waals surface area (Å²) < 4.78 is 26.4. The molecule has 118 valence electrons. The average Bonchev–Trinajstić information content (AvgIpc) is 2.37. The van der Waals surface area contributed by atoms with Gasteiger partial charge in [-0.05, 0) is 50.6 Å². The average molecular weight is 313 g/mol. The van der Waals surface area contributed by atoms with Gasteiger partial charge in [0, 0.05) is 18.2 Å². The van der Waals surface area contributed by atoms with Gasteiger partial charge in [0.1, 0.15) is 0 Å². The highest BCUT2D eigenvalue weighted by molar-refractivity contribution is 7.89. The van der Waals surface area contributed by atoms with Crippen LogP contribution in [0.5, 0.6) is 0 Å². The third kappa shape index (κ3) is 5.82. The maximum absolute atomic E-state index is 11.9. The highest BCUT2D eigenvalue weighted by Crippen LogP contribution is 2.15. The van der Waals surface area contributed by atoms with Crippen LogP contribution in [0.1, 0.15) is 27.2 Å². The van der Waals surface area contributed by atoms with Gasteiger partial charge in [-0.25, -0.2) is 13.1 Å². The van der Waals surface area contributed by atoms with Crippen LogP contribution >= 0.6 is 0 Å². The maximum atomic E-state index is 11.9. The first-order valence-electron chi connectivity index (χ1n) is 6.87. The molecule has 0 bridgehead atoms. The molecule has 0 saturated carbocycles. The fourth-order valence-electron chi connectivity index (χ4n) is 1.71. The lowest BCUT2D eigenvalue weighted by Gasteiger charge is -2.11. The van der Waals surface area contributed by atoms with Crippen molar-refractivity contribution in [3.8, 4) is 0 Å².